The van der Waals surface area contributed by atoms with Crippen LogP contribution in [0.3, 0.4) is 0 Å². The van der Waals surface area contributed by atoms with Crippen molar-refractivity contribution in [1.82, 2.24) is 10.1 Å². The molecule has 1 unspecified atom stereocenters. The van der Waals surface area contributed by atoms with Crippen molar-refractivity contribution in [3.63, 3.8) is 0 Å². The molecule has 17 heavy (non-hydrogen) atoms. The van der Waals surface area contributed by atoms with Gasteiger partial charge >= 0.3 is 0 Å². The van der Waals surface area contributed by atoms with Crippen molar-refractivity contribution < 1.29 is 9.26 Å². The van der Waals surface area contributed by atoms with Crippen LogP contribution in [-0.4, -0.2) is 17.3 Å². The van der Waals surface area contributed by atoms with Crippen LogP contribution in [0.4, 0.5) is 0 Å². The van der Waals surface area contributed by atoms with Gasteiger partial charge in [-0.05, 0) is 38.5 Å². The van der Waals surface area contributed by atoms with Crippen molar-refractivity contribution >= 4 is 0 Å². The minimum absolute atomic E-state index is 0.178. The highest BCUT2D eigenvalue weighted by atomic mass is 16.5. The molecule has 0 bridgehead atoms. The molecule has 2 rings (SSSR count). The van der Waals surface area contributed by atoms with Gasteiger partial charge in [0.05, 0.1) is 5.54 Å². The zero-order valence-corrected chi connectivity index (χ0v) is 10.8. The molecule has 2 N–H and O–H groups in total. The number of hydrogen-bond acceptors (Lipinski definition) is 5. The predicted octanol–water partition coefficient (Wildman–Crippen LogP) is 2.14. The summed E-state index contributed by atoms with van der Waals surface area (Å²) in [6, 6.07) is 0. The van der Waals surface area contributed by atoms with Crippen molar-refractivity contribution in [2.24, 2.45) is 11.7 Å². The first kappa shape index (κ1) is 12.5. The van der Waals surface area contributed by atoms with E-state index in [1.165, 1.54) is 0 Å². The van der Waals surface area contributed by atoms with Crippen LogP contribution in [0, 0.1) is 5.92 Å². The first-order valence-corrected chi connectivity index (χ1v) is 6.21. The van der Waals surface area contributed by atoms with Crippen LogP contribution in [0.5, 0.6) is 0 Å². The molecule has 1 aliphatic carbocycles. The van der Waals surface area contributed by atoms with Gasteiger partial charge in [-0.2, -0.15) is 4.98 Å². The molecule has 0 aliphatic heterocycles. The number of hydrogen-bond donors (Lipinski definition) is 1. The molecule has 1 aromatic heterocycles. The SMILES string of the molecule is COC(C)c1nc(C2(N)CCC(C)CC2)no1. The van der Waals surface area contributed by atoms with Gasteiger partial charge in [-0.15, -0.1) is 0 Å². The summed E-state index contributed by atoms with van der Waals surface area (Å²) >= 11 is 0. The Labute approximate surface area is 102 Å². The summed E-state index contributed by atoms with van der Waals surface area (Å²) in [6.07, 6.45) is 3.92. The molecule has 1 fully saturated rings. The van der Waals surface area contributed by atoms with Crippen LogP contribution in [0.25, 0.3) is 0 Å². The Bertz CT molecular complexity index is 370. The molecule has 1 atom stereocenters. The van der Waals surface area contributed by atoms with E-state index in [1.54, 1.807) is 7.11 Å². The van der Waals surface area contributed by atoms with Gasteiger partial charge in [-0.25, -0.2) is 0 Å². The summed E-state index contributed by atoms with van der Waals surface area (Å²) in [7, 11) is 1.62. The van der Waals surface area contributed by atoms with Crippen molar-refractivity contribution in [2.45, 2.75) is 51.2 Å². The van der Waals surface area contributed by atoms with Crippen molar-refractivity contribution in [3.05, 3.63) is 11.7 Å². The van der Waals surface area contributed by atoms with Crippen LogP contribution >= 0.6 is 0 Å². The summed E-state index contributed by atoms with van der Waals surface area (Å²) < 4.78 is 10.3. The molecule has 0 radical (unpaired) electrons. The number of methoxy groups -OCH3 is 1. The maximum absolute atomic E-state index is 6.37. The summed E-state index contributed by atoms with van der Waals surface area (Å²) in [6.45, 7) is 4.14. The molecule has 0 amide bonds. The van der Waals surface area contributed by atoms with E-state index in [-0.39, 0.29) is 6.10 Å². The van der Waals surface area contributed by atoms with Gasteiger partial charge in [0.1, 0.15) is 6.10 Å². The zero-order valence-electron chi connectivity index (χ0n) is 10.8. The Morgan fingerprint density at radius 1 is 1.47 bits per heavy atom. The average molecular weight is 239 g/mol. The minimum Gasteiger partial charge on any atom is -0.372 e. The van der Waals surface area contributed by atoms with Gasteiger partial charge in [-0.1, -0.05) is 12.1 Å². The van der Waals surface area contributed by atoms with Gasteiger partial charge in [0, 0.05) is 7.11 Å². The fourth-order valence-electron chi connectivity index (χ4n) is 2.20. The third-order valence-electron chi connectivity index (χ3n) is 3.75. The summed E-state index contributed by atoms with van der Waals surface area (Å²) in [5.74, 6) is 1.88. The van der Waals surface area contributed by atoms with E-state index < -0.39 is 5.54 Å². The van der Waals surface area contributed by atoms with E-state index in [0.29, 0.717) is 11.7 Å². The maximum Gasteiger partial charge on any atom is 0.255 e. The Morgan fingerprint density at radius 2 is 2.12 bits per heavy atom. The van der Waals surface area contributed by atoms with E-state index in [9.17, 15) is 0 Å². The van der Waals surface area contributed by atoms with E-state index in [1.807, 2.05) is 6.92 Å². The number of nitrogens with zero attached hydrogens (tertiary/aromatic N) is 2. The molecule has 1 aliphatic rings. The van der Waals surface area contributed by atoms with Crippen molar-refractivity contribution in [1.29, 1.82) is 0 Å². The summed E-state index contributed by atoms with van der Waals surface area (Å²) in [4.78, 5) is 4.37. The number of ether oxygens (including phenoxy) is 1. The molecule has 0 aromatic carbocycles. The second-order valence-electron chi connectivity index (χ2n) is 5.17. The van der Waals surface area contributed by atoms with E-state index in [2.05, 4.69) is 17.1 Å². The lowest BCUT2D eigenvalue weighted by Crippen LogP contribution is -2.41. The van der Waals surface area contributed by atoms with Crippen LogP contribution in [-0.2, 0) is 10.3 Å². The Balaban J connectivity index is 2.14. The topological polar surface area (TPSA) is 74.2 Å². The molecule has 5 heteroatoms. The molecular weight excluding hydrogens is 218 g/mol. The normalized spacial score (nSPS) is 31.4. The lowest BCUT2D eigenvalue weighted by molar-refractivity contribution is 0.0885. The van der Waals surface area contributed by atoms with Crippen LogP contribution < -0.4 is 5.73 Å². The van der Waals surface area contributed by atoms with Crippen molar-refractivity contribution in [3.8, 4) is 0 Å². The van der Waals surface area contributed by atoms with Crippen molar-refractivity contribution in [2.75, 3.05) is 7.11 Å². The number of rotatable bonds is 3. The van der Waals surface area contributed by atoms with Gasteiger partial charge < -0.3 is 15.0 Å². The third kappa shape index (κ3) is 2.50. The molecular formula is C12H21N3O2. The fraction of sp³-hybridized carbons (Fsp3) is 0.833. The molecule has 96 valence electrons. The lowest BCUT2D eigenvalue weighted by atomic mass is 9.77. The van der Waals surface area contributed by atoms with Gasteiger partial charge in [-0.3, -0.25) is 0 Å². The summed E-state index contributed by atoms with van der Waals surface area (Å²) in [5, 5.41) is 4.01. The Hall–Kier alpha value is -0.940. The highest BCUT2D eigenvalue weighted by Crippen LogP contribution is 2.36. The van der Waals surface area contributed by atoms with Gasteiger partial charge in [0.15, 0.2) is 5.82 Å². The van der Waals surface area contributed by atoms with E-state index in [4.69, 9.17) is 15.0 Å². The van der Waals surface area contributed by atoms with E-state index in [0.717, 1.165) is 31.6 Å². The molecule has 0 saturated heterocycles. The Morgan fingerprint density at radius 3 is 2.71 bits per heavy atom. The predicted molar refractivity (Wildman–Crippen MR) is 63.2 cm³/mol. The van der Waals surface area contributed by atoms with E-state index >= 15 is 0 Å². The highest BCUT2D eigenvalue weighted by Gasteiger charge is 2.36. The number of aromatic nitrogens is 2. The minimum atomic E-state index is -0.415. The first-order chi connectivity index (χ1) is 8.05. The maximum atomic E-state index is 6.37. The van der Waals surface area contributed by atoms with Crippen LogP contribution in [0.2, 0.25) is 0 Å². The van der Waals surface area contributed by atoms with Gasteiger partial charge in [0.25, 0.3) is 5.89 Å². The molecule has 5 nitrogen and oxygen atoms in total. The highest BCUT2D eigenvalue weighted by molar-refractivity contribution is 5.06. The Kier molecular flexibility index (Phi) is 3.49. The first-order valence-electron chi connectivity index (χ1n) is 6.21. The van der Waals surface area contributed by atoms with Crippen LogP contribution in [0.15, 0.2) is 4.52 Å². The standard InChI is InChI=1S/C12H21N3O2/c1-8-4-6-12(13,7-5-8)11-14-10(17-15-11)9(2)16-3/h8-9H,4-7,13H2,1-3H3. The average Bonchev–Trinajstić information content (AvgIpc) is 2.82. The summed E-state index contributed by atoms with van der Waals surface area (Å²) in [5.41, 5.74) is 5.96. The molecule has 1 saturated carbocycles. The smallest absolute Gasteiger partial charge is 0.255 e. The second kappa shape index (κ2) is 4.74. The second-order valence-corrected chi connectivity index (χ2v) is 5.17. The molecule has 1 heterocycles. The largest absolute Gasteiger partial charge is 0.372 e. The van der Waals surface area contributed by atoms with Crippen LogP contribution in [0.1, 0.15) is 57.3 Å². The molecule has 0 spiro atoms. The van der Waals surface area contributed by atoms with Gasteiger partial charge in [0.2, 0.25) is 0 Å². The zero-order chi connectivity index (χ0) is 12.5. The fourth-order valence-corrected chi connectivity index (χ4v) is 2.20. The lowest BCUT2D eigenvalue weighted by Gasteiger charge is -2.33. The molecule has 1 aromatic rings. The third-order valence-corrected chi connectivity index (χ3v) is 3.75. The quantitative estimate of drug-likeness (QED) is 0.874. The monoisotopic (exact) mass is 239 g/mol. The number of nitrogens with two attached hydrogens (primary N) is 1.